The lowest BCUT2D eigenvalue weighted by atomic mass is 10.0. The molecule has 0 heterocycles. The van der Waals surface area contributed by atoms with Gasteiger partial charge in [-0.1, -0.05) is 204 Å². The van der Waals surface area contributed by atoms with Crippen LogP contribution in [0.1, 0.15) is 226 Å². The highest BCUT2D eigenvalue weighted by atomic mass is 31.2. The number of esters is 2. The average Bonchev–Trinajstić information content (AvgIpc) is 3.16. The number of carbonyl (C=O) groups is 2. The van der Waals surface area contributed by atoms with Gasteiger partial charge in [0.25, 0.3) is 0 Å². The zero-order valence-corrected chi connectivity index (χ0v) is 36.5. The van der Waals surface area contributed by atoms with Crippen LogP contribution in [0.25, 0.3) is 0 Å². The molecule has 0 saturated carbocycles. The van der Waals surface area contributed by atoms with E-state index in [1.807, 2.05) is 0 Å². The topological polar surface area (TPSA) is 119 Å². The molecule has 0 rings (SSSR count). The highest BCUT2D eigenvalue weighted by molar-refractivity contribution is 7.46. The lowest BCUT2D eigenvalue weighted by molar-refractivity contribution is -0.161. The Morgan fingerprint density at radius 1 is 0.491 bits per heavy atom. The van der Waals surface area contributed by atoms with E-state index < -0.39 is 32.5 Å². The fourth-order valence-electron chi connectivity index (χ4n) is 6.57. The molecule has 0 aromatic carbocycles. The van der Waals surface area contributed by atoms with Crippen molar-refractivity contribution in [2.75, 3.05) is 13.2 Å². The second-order valence-corrected chi connectivity index (χ2v) is 16.6. The van der Waals surface area contributed by atoms with E-state index in [-0.39, 0.29) is 19.4 Å². The summed E-state index contributed by atoms with van der Waals surface area (Å²) in [5, 5.41) is 0. The van der Waals surface area contributed by atoms with E-state index in [0.717, 1.165) is 70.6 Å². The number of allylic oxidation sites excluding steroid dienone is 6. The van der Waals surface area contributed by atoms with Crippen molar-refractivity contribution in [2.24, 2.45) is 0 Å². The fraction of sp³-hybridized carbons (Fsp3) is 0.826. The van der Waals surface area contributed by atoms with Gasteiger partial charge in [-0.3, -0.25) is 14.1 Å². The molecule has 8 nitrogen and oxygen atoms in total. The molecule has 2 N–H and O–H groups in total. The van der Waals surface area contributed by atoms with Gasteiger partial charge in [-0.2, -0.15) is 0 Å². The van der Waals surface area contributed by atoms with Gasteiger partial charge in [0, 0.05) is 12.8 Å². The van der Waals surface area contributed by atoms with Gasteiger partial charge in [0.2, 0.25) is 0 Å². The summed E-state index contributed by atoms with van der Waals surface area (Å²) in [7, 11) is -4.76. The summed E-state index contributed by atoms with van der Waals surface area (Å²) in [6.45, 7) is 3.59. The maximum absolute atomic E-state index is 12.4. The first-order valence-corrected chi connectivity index (χ1v) is 24.3. The quantitative estimate of drug-likeness (QED) is 0.0271. The molecule has 0 aliphatic carbocycles. The van der Waals surface area contributed by atoms with Crippen LogP contribution in [0.15, 0.2) is 36.5 Å². The standard InChI is InChI=1S/C46H85O8P/c1-3-5-7-9-11-13-15-17-19-20-21-22-23-24-25-27-28-30-32-34-36-38-40-45(47)52-42-44(43-53-55(49,50)51)54-46(48)41-39-37-35-33-31-29-26-18-16-14-12-10-8-6-4-2/h6,8,12,14,18,26,44H,3-5,7,9-11,13,15-17,19-25,27-43H2,1-2H3,(H2,49,50,51)/b8-6+,14-12+,26-18+/t44-/m1/s1. The molecular weight excluding hydrogens is 711 g/mol. The Kier molecular flexibility index (Phi) is 40.6. The summed E-state index contributed by atoms with van der Waals surface area (Å²) < 4.78 is 26.4. The Balaban J connectivity index is 3.83. The molecule has 0 amide bonds. The Hall–Kier alpha value is -1.73. The minimum atomic E-state index is -4.76. The summed E-state index contributed by atoms with van der Waals surface area (Å²) in [5.74, 6) is -0.896. The average molecular weight is 797 g/mol. The molecule has 0 spiro atoms. The highest BCUT2D eigenvalue weighted by Gasteiger charge is 2.22. The van der Waals surface area contributed by atoms with Crippen LogP contribution in [0.5, 0.6) is 0 Å². The van der Waals surface area contributed by atoms with E-state index in [1.165, 1.54) is 122 Å². The summed E-state index contributed by atoms with van der Waals surface area (Å²) in [6.07, 6.45) is 50.2. The Morgan fingerprint density at radius 2 is 0.873 bits per heavy atom. The molecule has 0 aromatic heterocycles. The van der Waals surface area contributed by atoms with Gasteiger partial charge in [-0.25, -0.2) is 4.57 Å². The summed E-state index contributed by atoms with van der Waals surface area (Å²) >= 11 is 0. The number of carbonyl (C=O) groups excluding carboxylic acids is 2. The first kappa shape index (κ1) is 53.3. The van der Waals surface area contributed by atoms with Gasteiger partial charge < -0.3 is 19.3 Å². The third kappa shape index (κ3) is 44.8. The predicted octanol–water partition coefficient (Wildman–Crippen LogP) is 14.1. The summed E-state index contributed by atoms with van der Waals surface area (Å²) in [6, 6.07) is 0. The molecule has 9 heteroatoms. The summed E-state index contributed by atoms with van der Waals surface area (Å²) in [4.78, 5) is 42.9. The van der Waals surface area contributed by atoms with Crippen LogP contribution in [0, 0.1) is 0 Å². The van der Waals surface area contributed by atoms with E-state index >= 15 is 0 Å². The first-order chi connectivity index (χ1) is 26.8. The van der Waals surface area contributed by atoms with Crippen LogP contribution in [0.4, 0.5) is 0 Å². The van der Waals surface area contributed by atoms with E-state index in [2.05, 4.69) is 54.8 Å². The van der Waals surface area contributed by atoms with Gasteiger partial charge in [0.15, 0.2) is 6.10 Å². The number of rotatable bonds is 42. The van der Waals surface area contributed by atoms with Gasteiger partial charge in [-0.15, -0.1) is 0 Å². The molecule has 0 unspecified atom stereocenters. The van der Waals surface area contributed by atoms with Gasteiger partial charge in [0.1, 0.15) is 6.61 Å². The molecule has 0 bridgehead atoms. The zero-order chi connectivity index (χ0) is 40.3. The minimum absolute atomic E-state index is 0.194. The maximum atomic E-state index is 12.4. The lowest BCUT2D eigenvalue weighted by Gasteiger charge is -2.18. The van der Waals surface area contributed by atoms with Crippen molar-refractivity contribution in [3.05, 3.63) is 36.5 Å². The largest absolute Gasteiger partial charge is 0.469 e. The van der Waals surface area contributed by atoms with Crippen molar-refractivity contribution in [1.29, 1.82) is 0 Å². The molecule has 55 heavy (non-hydrogen) atoms. The number of phosphoric acid groups is 1. The number of ether oxygens (including phenoxy) is 2. The van der Waals surface area contributed by atoms with E-state index in [4.69, 9.17) is 19.3 Å². The molecular formula is C46H85O8P. The molecule has 0 aliphatic heterocycles. The van der Waals surface area contributed by atoms with Crippen molar-refractivity contribution in [3.8, 4) is 0 Å². The lowest BCUT2D eigenvalue weighted by Crippen LogP contribution is -2.29. The molecule has 0 aliphatic rings. The van der Waals surface area contributed by atoms with Crippen molar-refractivity contribution in [3.63, 3.8) is 0 Å². The number of unbranched alkanes of at least 4 members (excludes halogenated alkanes) is 26. The van der Waals surface area contributed by atoms with Gasteiger partial charge in [0.05, 0.1) is 6.61 Å². The van der Waals surface area contributed by atoms with Crippen LogP contribution in [-0.2, 0) is 28.2 Å². The van der Waals surface area contributed by atoms with E-state index in [0.29, 0.717) is 6.42 Å². The Labute approximate surface area is 338 Å². The molecule has 0 aromatic rings. The van der Waals surface area contributed by atoms with Crippen molar-refractivity contribution < 1.29 is 37.9 Å². The molecule has 0 saturated heterocycles. The molecule has 0 radical (unpaired) electrons. The number of hydrogen-bond donors (Lipinski definition) is 2. The second-order valence-electron chi connectivity index (χ2n) is 15.4. The molecule has 322 valence electrons. The Bertz CT molecular complexity index is 988. The third-order valence-corrected chi connectivity index (χ3v) is 10.4. The SMILES string of the molecule is CC/C=C/C/C=C/C/C=C/CCCCCCCC(=O)O[C@H](COC(=O)CCCCCCCCCCCCCCCCCCCCCCCC)COP(=O)(O)O. The van der Waals surface area contributed by atoms with Crippen molar-refractivity contribution in [2.45, 2.75) is 232 Å². The highest BCUT2D eigenvalue weighted by Crippen LogP contribution is 2.36. The van der Waals surface area contributed by atoms with E-state index in [9.17, 15) is 14.2 Å². The normalized spacial score (nSPS) is 12.7. The van der Waals surface area contributed by atoms with Crippen LogP contribution in [0.2, 0.25) is 0 Å². The number of hydrogen-bond acceptors (Lipinski definition) is 6. The second kappa shape index (κ2) is 41.9. The monoisotopic (exact) mass is 797 g/mol. The third-order valence-electron chi connectivity index (χ3n) is 9.92. The summed E-state index contributed by atoms with van der Waals surface area (Å²) in [5.41, 5.74) is 0. The maximum Gasteiger partial charge on any atom is 0.469 e. The van der Waals surface area contributed by atoms with Crippen molar-refractivity contribution >= 4 is 19.8 Å². The Morgan fingerprint density at radius 3 is 1.31 bits per heavy atom. The first-order valence-electron chi connectivity index (χ1n) is 22.8. The van der Waals surface area contributed by atoms with E-state index in [1.54, 1.807) is 0 Å². The molecule has 0 fully saturated rings. The number of phosphoric ester groups is 1. The van der Waals surface area contributed by atoms with Crippen LogP contribution in [0.3, 0.4) is 0 Å². The van der Waals surface area contributed by atoms with Crippen LogP contribution < -0.4 is 0 Å². The van der Waals surface area contributed by atoms with Crippen LogP contribution >= 0.6 is 7.82 Å². The minimum Gasteiger partial charge on any atom is -0.462 e. The van der Waals surface area contributed by atoms with Gasteiger partial charge >= 0.3 is 19.8 Å². The van der Waals surface area contributed by atoms with Gasteiger partial charge in [-0.05, 0) is 44.9 Å². The molecule has 1 atom stereocenters. The zero-order valence-electron chi connectivity index (χ0n) is 35.6. The van der Waals surface area contributed by atoms with Crippen molar-refractivity contribution in [1.82, 2.24) is 0 Å². The fourth-order valence-corrected chi connectivity index (χ4v) is 6.93. The predicted molar refractivity (Wildman–Crippen MR) is 230 cm³/mol. The smallest absolute Gasteiger partial charge is 0.462 e. The van der Waals surface area contributed by atoms with Crippen LogP contribution in [-0.4, -0.2) is 41.0 Å².